The van der Waals surface area contributed by atoms with Gasteiger partial charge in [0.2, 0.25) is 0 Å². The lowest BCUT2D eigenvalue weighted by Crippen LogP contribution is -3.00. The quantitative estimate of drug-likeness (QED) is 0.722. The van der Waals surface area contributed by atoms with E-state index in [4.69, 9.17) is 20.8 Å². The molecule has 2 heterocycles. The summed E-state index contributed by atoms with van der Waals surface area (Å²) in [7, 11) is 1.60. The highest BCUT2D eigenvalue weighted by molar-refractivity contribution is 7.09. The van der Waals surface area contributed by atoms with E-state index in [-0.39, 0.29) is 12.4 Å². The van der Waals surface area contributed by atoms with Gasteiger partial charge in [-0.25, -0.2) is 0 Å². The Kier molecular flexibility index (Phi) is 6.54. The molecule has 0 aliphatic carbocycles. The monoisotopic (exact) mass is 368 g/mol. The summed E-state index contributed by atoms with van der Waals surface area (Å²) in [5.74, 6) is 2.37. The van der Waals surface area contributed by atoms with Crippen LogP contribution in [0.2, 0.25) is 5.02 Å². The summed E-state index contributed by atoms with van der Waals surface area (Å²) in [6.07, 6.45) is 0. The van der Waals surface area contributed by atoms with Gasteiger partial charge in [0.05, 0.1) is 18.7 Å². The molecule has 1 N–H and O–H groups in total. The highest BCUT2D eigenvalue weighted by Crippen LogP contribution is 2.31. The first-order chi connectivity index (χ1) is 10.8. The molecule has 6 heteroatoms. The van der Waals surface area contributed by atoms with Gasteiger partial charge in [0.15, 0.2) is 0 Å². The lowest BCUT2D eigenvalue weighted by Gasteiger charge is -2.04. The molecule has 0 spiro atoms. The minimum absolute atomic E-state index is 0. The fourth-order valence-corrected chi connectivity index (χ4v) is 3.10. The molecule has 0 radical (unpaired) electrons. The van der Waals surface area contributed by atoms with Crippen LogP contribution in [0, 0.1) is 0 Å². The molecule has 1 aromatic carbocycles. The van der Waals surface area contributed by atoms with Crippen molar-refractivity contribution in [3.63, 3.8) is 0 Å². The number of thiophene rings is 1. The van der Waals surface area contributed by atoms with E-state index in [1.54, 1.807) is 18.4 Å². The number of hydrogen-bond donors (Lipinski definition) is 1. The van der Waals surface area contributed by atoms with Crippen LogP contribution in [0.4, 0.5) is 0 Å². The van der Waals surface area contributed by atoms with E-state index in [0.717, 1.165) is 23.6 Å². The first-order valence-corrected chi connectivity index (χ1v) is 8.18. The van der Waals surface area contributed by atoms with Crippen molar-refractivity contribution in [3.8, 4) is 17.1 Å². The van der Waals surface area contributed by atoms with Gasteiger partial charge in [0, 0.05) is 17.0 Å². The molecule has 3 rings (SSSR count). The van der Waals surface area contributed by atoms with Crippen molar-refractivity contribution in [1.29, 1.82) is 0 Å². The summed E-state index contributed by atoms with van der Waals surface area (Å²) in [5.41, 5.74) is 0.940. The van der Waals surface area contributed by atoms with E-state index in [9.17, 15) is 0 Å². The van der Waals surface area contributed by atoms with Gasteiger partial charge in [0.25, 0.3) is 0 Å². The van der Waals surface area contributed by atoms with Crippen LogP contribution >= 0.6 is 22.9 Å². The maximum Gasteiger partial charge on any atom is 0.137 e. The molecule has 23 heavy (non-hydrogen) atoms. The number of halogens is 2. The number of furan rings is 1. The van der Waals surface area contributed by atoms with Crippen LogP contribution in [0.15, 0.2) is 52.3 Å². The number of rotatable bonds is 6. The van der Waals surface area contributed by atoms with Crippen molar-refractivity contribution in [2.24, 2.45) is 0 Å². The molecule has 0 saturated heterocycles. The van der Waals surface area contributed by atoms with E-state index in [1.807, 2.05) is 30.3 Å². The van der Waals surface area contributed by atoms with Gasteiger partial charge >= 0.3 is 0 Å². The Labute approximate surface area is 150 Å². The number of benzene rings is 1. The van der Waals surface area contributed by atoms with Crippen molar-refractivity contribution >= 4 is 22.9 Å². The Hall–Kier alpha value is -1.46. The molecular weight excluding hydrogens is 353 g/mol. The largest absolute Gasteiger partial charge is 1.00 e. The predicted molar refractivity (Wildman–Crippen MR) is 90.6 cm³/mol. The molecule has 0 saturated carbocycles. The van der Waals surface area contributed by atoms with Crippen molar-refractivity contribution in [2.45, 2.75) is 13.1 Å². The average Bonchev–Trinajstić information content (AvgIpc) is 3.19. The second-order valence-corrected chi connectivity index (χ2v) is 6.24. The summed E-state index contributed by atoms with van der Waals surface area (Å²) in [6.45, 7) is 1.55. The van der Waals surface area contributed by atoms with Crippen LogP contribution < -0.4 is 22.5 Å². The standard InChI is InChI=1S/C17H16ClNO2S.ClH/c1-20-17-6-4-12(9-15(17)18)16-7-5-13(21-16)10-19-11-14-3-2-8-22-14;/h2-9,19H,10-11H2,1H3;1H/p-1. The van der Waals surface area contributed by atoms with E-state index >= 15 is 0 Å². The van der Waals surface area contributed by atoms with Crippen LogP contribution in [-0.4, -0.2) is 7.11 Å². The van der Waals surface area contributed by atoms with Crippen LogP contribution in [0.3, 0.4) is 0 Å². The minimum atomic E-state index is 0. The van der Waals surface area contributed by atoms with Gasteiger partial charge in [-0.3, -0.25) is 0 Å². The fraction of sp³-hybridized carbons (Fsp3) is 0.176. The Balaban J connectivity index is 0.00000192. The third kappa shape index (κ3) is 4.52. The maximum atomic E-state index is 6.15. The second-order valence-electron chi connectivity index (χ2n) is 4.80. The molecule has 122 valence electrons. The highest BCUT2D eigenvalue weighted by atomic mass is 35.5. The third-order valence-electron chi connectivity index (χ3n) is 3.28. The minimum Gasteiger partial charge on any atom is -1.00 e. The predicted octanol–water partition coefficient (Wildman–Crippen LogP) is 1.96. The van der Waals surface area contributed by atoms with Gasteiger partial charge in [-0.2, -0.15) is 0 Å². The SMILES string of the molecule is COc1ccc(-c2ccc(CNCc3cccs3)o2)cc1Cl.[Cl-]. The summed E-state index contributed by atoms with van der Waals surface area (Å²) in [5, 5.41) is 6.03. The highest BCUT2D eigenvalue weighted by Gasteiger charge is 2.08. The van der Waals surface area contributed by atoms with Crippen LogP contribution in [-0.2, 0) is 13.1 Å². The summed E-state index contributed by atoms with van der Waals surface area (Å²) < 4.78 is 11.0. The van der Waals surface area contributed by atoms with E-state index < -0.39 is 0 Å². The van der Waals surface area contributed by atoms with E-state index in [2.05, 4.69) is 22.8 Å². The topological polar surface area (TPSA) is 34.4 Å². The first kappa shape index (κ1) is 17.9. The van der Waals surface area contributed by atoms with Crippen molar-refractivity contribution in [1.82, 2.24) is 5.32 Å². The van der Waals surface area contributed by atoms with E-state index in [1.165, 1.54) is 4.88 Å². The Morgan fingerprint density at radius 3 is 2.74 bits per heavy atom. The second kappa shape index (κ2) is 8.41. The summed E-state index contributed by atoms with van der Waals surface area (Å²) in [4.78, 5) is 1.31. The summed E-state index contributed by atoms with van der Waals surface area (Å²) >= 11 is 7.89. The smallest absolute Gasteiger partial charge is 0.137 e. The normalized spacial score (nSPS) is 10.3. The van der Waals surface area contributed by atoms with Crippen molar-refractivity contribution in [2.75, 3.05) is 7.11 Å². The zero-order valence-corrected chi connectivity index (χ0v) is 14.8. The molecule has 3 aromatic rings. The third-order valence-corrected chi connectivity index (χ3v) is 4.45. The number of ether oxygens (including phenoxy) is 1. The molecule has 0 amide bonds. The molecule has 0 aliphatic rings. The molecule has 3 nitrogen and oxygen atoms in total. The summed E-state index contributed by atoms with van der Waals surface area (Å²) in [6, 6.07) is 13.7. The van der Waals surface area contributed by atoms with Crippen LogP contribution in [0.5, 0.6) is 5.75 Å². The number of nitrogens with one attached hydrogen (secondary N) is 1. The first-order valence-electron chi connectivity index (χ1n) is 6.92. The number of methoxy groups -OCH3 is 1. The molecule has 0 atom stereocenters. The Morgan fingerprint density at radius 2 is 2.04 bits per heavy atom. The lowest BCUT2D eigenvalue weighted by molar-refractivity contribution is -0.00000512. The van der Waals surface area contributed by atoms with Crippen LogP contribution in [0.1, 0.15) is 10.6 Å². The maximum absolute atomic E-state index is 6.15. The molecule has 0 bridgehead atoms. The van der Waals surface area contributed by atoms with Gasteiger partial charge in [-0.1, -0.05) is 17.7 Å². The lowest BCUT2D eigenvalue weighted by atomic mass is 10.2. The van der Waals surface area contributed by atoms with Crippen molar-refractivity contribution in [3.05, 3.63) is 63.5 Å². The average molecular weight is 369 g/mol. The fourth-order valence-electron chi connectivity index (χ4n) is 2.17. The molecule has 0 unspecified atom stereocenters. The molecule has 0 aliphatic heterocycles. The molecular formula is C17H16Cl2NO2S-. The molecule has 2 aromatic heterocycles. The van der Waals surface area contributed by atoms with Gasteiger partial charge in [-0.15, -0.1) is 11.3 Å². The molecule has 0 fully saturated rings. The van der Waals surface area contributed by atoms with Gasteiger partial charge in [0.1, 0.15) is 17.3 Å². The van der Waals surface area contributed by atoms with Crippen molar-refractivity contribution < 1.29 is 21.6 Å². The number of hydrogen-bond acceptors (Lipinski definition) is 4. The van der Waals surface area contributed by atoms with Gasteiger partial charge < -0.3 is 26.9 Å². The Morgan fingerprint density at radius 1 is 1.17 bits per heavy atom. The zero-order chi connectivity index (χ0) is 15.4. The van der Waals surface area contributed by atoms with Gasteiger partial charge in [-0.05, 0) is 41.8 Å². The zero-order valence-electron chi connectivity index (χ0n) is 12.5. The van der Waals surface area contributed by atoms with Crippen LogP contribution in [0.25, 0.3) is 11.3 Å². The Bertz CT molecular complexity index is 741. The van der Waals surface area contributed by atoms with E-state index in [0.29, 0.717) is 17.3 Å².